The van der Waals surface area contributed by atoms with E-state index in [1.54, 1.807) is 6.07 Å². The molecule has 0 amide bonds. The monoisotopic (exact) mass is 293 g/mol. The molecule has 0 fully saturated rings. The second kappa shape index (κ2) is 8.49. The molecule has 17 heavy (non-hydrogen) atoms. The van der Waals surface area contributed by atoms with Crippen molar-refractivity contribution in [1.29, 1.82) is 0 Å². The molecule has 0 saturated heterocycles. The number of ether oxygens (including phenoxy) is 1. The van der Waals surface area contributed by atoms with Gasteiger partial charge in [-0.15, -0.1) is 18.8 Å². The van der Waals surface area contributed by atoms with Crippen LogP contribution in [-0.4, -0.2) is 13.2 Å². The summed E-state index contributed by atoms with van der Waals surface area (Å²) in [5.74, 6) is 3.01. The van der Waals surface area contributed by atoms with Crippen molar-refractivity contribution in [1.82, 2.24) is 5.32 Å². The fourth-order valence-corrected chi connectivity index (χ4v) is 1.87. The van der Waals surface area contributed by atoms with Crippen molar-refractivity contribution < 1.29 is 4.74 Å². The van der Waals surface area contributed by atoms with E-state index in [0.29, 0.717) is 22.3 Å². The van der Waals surface area contributed by atoms with Gasteiger partial charge in [0.05, 0.1) is 5.02 Å². The lowest BCUT2D eigenvalue weighted by atomic mass is 10.2. The number of benzene rings is 1. The van der Waals surface area contributed by atoms with Crippen LogP contribution in [0.5, 0.6) is 5.75 Å². The van der Waals surface area contributed by atoms with Gasteiger partial charge in [0.25, 0.3) is 0 Å². The van der Waals surface area contributed by atoms with Crippen molar-refractivity contribution in [3.8, 4) is 18.1 Å². The summed E-state index contributed by atoms with van der Waals surface area (Å²) in [4.78, 5) is 0. The highest BCUT2D eigenvalue weighted by atomic mass is 35.5. The molecule has 1 aromatic rings. The SMILES string of the molecule is C#CCOc1c(Cl)cc(Cl)cc1CNCC.Cl. The minimum atomic E-state index is 0. The lowest BCUT2D eigenvalue weighted by Gasteiger charge is -2.12. The molecule has 0 bridgehead atoms. The fraction of sp³-hybridized carbons (Fsp3) is 0.333. The van der Waals surface area contributed by atoms with Crippen LogP contribution in [0.15, 0.2) is 12.1 Å². The minimum absolute atomic E-state index is 0. The topological polar surface area (TPSA) is 21.3 Å². The van der Waals surface area contributed by atoms with Crippen LogP contribution < -0.4 is 10.1 Å². The molecular formula is C12H14Cl3NO. The normalized spacial score (nSPS) is 9.29. The summed E-state index contributed by atoms with van der Waals surface area (Å²) in [5.41, 5.74) is 0.912. The summed E-state index contributed by atoms with van der Waals surface area (Å²) < 4.78 is 5.40. The van der Waals surface area contributed by atoms with Crippen LogP contribution in [0.1, 0.15) is 12.5 Å². The van der Waals surface area contributed by atoms with Crippen LogP contribution in [-0.2, 0) is 6.54 Å². The molecule has 94 valence electrons. The molecule has 0 aliphatic rings. The van der Waals surface area contributed by atoms with Crippen LogP contribution in [0.4, 0.5) is 0 Å². The molecule has 0 spiro atoms. The van der Waals surface area contributed by atoms with Crippen LogP contribution in [0.2, 0.25) is 10.0 Å². The number of rotatable bonds is 5. The highest BCUT2D eigenvalue weighted by Crippen LogP contribution is 2.32. The van der Waals surface area contributed by atoms with E-state index in [4.69, 9.17) is 34.4 Å². The average Bonchev–Trinajstić information content (AvgIpc) is 2.24. The number of nitrogens with one attached hydrogen (secondary N) is 1. The Kier molecular flexibility index (Phi) is 8.20. The summed E-state index contributed by atoms with van der Waals surface area (Å²) in [7, 11) is 0. The standard InChI is InChI=1S/C12H13Cl2NO.ClH/c1-3-5-16-12-9(8-15-4-2)6-10(13)7-11(12)14;/h1,6-7,15H,4-5,8H2,2H3;1H. The van der Waals surface area contributed by atoms with E-state index in [1.165, 1.54) is 0 Å². The Bertz CT molecular complexity index is 401. The maximum absolute atomic E-state index is 6.04. The largest absolute Gasteiger partial charge is 0.479 e. The number of hydrogen-bond donors (Lipinski definition) is 1. The quantitative estimate of drug-likeness (QED) is 0.839. The van der Waals surface area contributed by atoms with E-state index in [9.17, 15) is 0 Å². The molecule has 0 aliphatic heterocycles. The molecule has 1 N–H and O–H groups in total. The number of terminal acetylenes is 1. The van der Waals surface area contributed by atoms with Gasteiger partial charge in [-0.25, -0.2) is 0 Å². The van der Waals surface area contributed by atoms with Crippen molar-refractivity contribution in [3.05, 3.63) is 27.7 Å². The van der Waals surface area contributed by atoms with E-state index in [1.807, 2.05) is 13.0 Å². The second-order valence-corrected chi connectivity index (χ2v) is 3.99. The lowest BCUT2D eigenvalue weighted by Crippen LogP contribution is -2.13. The Labute approximate surface area is 118 Å². The molecule has 1 rings (SSSR count). The third kappa shape index (κ3) is 5.06. The summed E-state index contributed by atoms with van der Waals surface area (Å²) in [6, 6.07) is 3.46. The van der Waals surface area contributed by atoms with Gasteiger partial charge in [-0.3, -0.25) is 0 Å². The average molecular weight is 295 g/mol. The Morgan fingerprint density at radius 1 is 1.41 bits per heavy atom. The van der Waals surface area contributed by atoms with Crippen molar-refractivity contribution in [3.63, 3.8) is 0 Å². The molecule has 5 heteroatoms. The lowest BCUT2D eigenvalue weighted by molar-refractivity contribution is 0.365. The van der Waals surface area contributed by atoms with E-state index < -0.39 is 0 Å². The molecule has 0 saturated carbocycles. The van der Waals surface area contributed by atoms with Crippen molar-refractivity contribution >= 4 is 35.6 Å². The van der Waals surface area contributed by atoms with Crippen LogP contribution in [0.25, 0.3) is 0 Å². The second-order valence-electron chi connectivity index (χ2n) is 3.15. The van der Waals surface area contributed by atoms with Gasteiger partial charge in [-0.2, -0.15) is 0 Å². The van der Waals surface area contributed by atoms with Gasteiger partial charge < -0.3 is 10.1 Å². The maximum Gasteiger partial charge on any atom is 0.148 e. The molecule has 0 radical (unpaired) electrons. The Morgan fingerprint density at radius 3 is 2.71 bits per heavy atom. The highest BCUT2D eigenvalue weighted by molar-refractivity contribution is 6.35. The van der Waals surface area contributed by atoms with Gasteiger partial charge in [0.15, 0.2) is 0 Å². The van der Waals surface area contributed by atoms with E-state index in [2.05, 4.69) is 11.2 Å². The van der Waals surface area contributed by atoms with E-state index in [-0.39, 0.29) is 19.0 Å². The molecule has 0 unspecified atom stereocenters. The van der Waals surface area contributed by atoms with Gasteiger partial charge in [0.2, 0.25) is 0 Å². The smallest absolute Gasteiger partial charge is 0.148 e. The van der Waals surface area contributed by atoms with Crippen LogP contribution >= 0.6 is 35.6 Å². The third-order valence-corrected chi connectivity index (χ3v) is 2.45. The van der Waals surface area contributed by atoms with Crippen LogP contribution in [0, 0.1) is 12.3 Å². The Balaban J connectivity index is 0.00000256. The fourth-order valence-electron chi connectivity index (χ4n) is 1.28. The van der Waals surface area contributed by atoms with Gasteiger partial charge in [0, 0.05) is 17.1 Å². The molecule has 0 aromatic heterocycles. The minimum Gasteiger partial charge on any atom is -0.479 e. The zero-order chi connectivity index (χ0) is 12.0. The summed E-state index contributed by atoms with van der Waals surface area (Å²) >= 11 is 12.0. The first-order valence-corrected chi connectivity index (χ1v) is 5.69. The number of halogens is 3. The molecule has 0 heterocycles. The van der Waals surface area contributed by atoms with Gasteiger partial charge in [-0.1, -0.05) is 36.0 Å². The highest BCUT2D eigenvalue weighted by Gasteiger charge is 2.09. The summed E-state index contributed by atoms with van der Waals surface area (Å²) in [5, 5.41) is 4.26. The van der Waals surface area contributed by atoms with Gasteiger partial charge in [0.1, 0.15) is 12.4 Å². The molecular weight excluding hydrogens is 280 g/mol. The predicted octanol–water partition coefficient (Wildman–Crippen LogP) is 3.54. The first-order chi connectivity index (χ1) is 7.69. The molecule has 0 atom stereocenters. The zero-order valence-electron chi connectivity index (χ0n) is 9.43. The van der Waals surface area contributed by atoms with Crippen molar-refractivity contribution in [2.24, 2.45) is 0 Å². The van der Waals surface area contributed by atoms with Crippen molar-refractivity contribution in [2.75, 3.05) is 13.2 Å². The first-order valence-electron chi connectivity index (χ1n) is 4.94. The van der Waals surface area contributed by atoms with Crippen LogP contribution in [0.3, 0.4) is 0 Å². The Hall–Kier alpha value is -0.590. The predicted molar refractivity (Wildman–Crippen MR) is 75.4 cm³/mol. The first kappa shape index (κ1) is 16.4. The zero-order valence-corrected chi connectivity index (χ0v) is 11.8. The molecule has 0 aliphatic carbocycles. The maximum atomic E-state index is 6.04. The molecule has 2 nitrogen and oxygen atoms in total. The Morgan fingerprint density at radius 2 is 2.12 bits per heavy atom. The number of hydrogen-bond acceptors (Lipinski definition) is 2. The van der Waals surface area contributed by atoms with Crippen molar-refractivity contribution in [2.45, 2.75) is 13.5 Å². The van der Waals surface area contributed by atoms with E-state index in [0.717, 1.165) is 12.1 Å². The van der Waals surface area contributed by atoms with Gasteiger partial charge in [-0.05, 0) is 18.7 Å². The third-order valence-electron chi connectivity index (χ3n) is 1.95. The molecule has 1 aromatic carbocycles. The van der Waals surface area contributed by atoms with Gasteiger partial charge >= 0.3 is 0 Å². The van der Waals surface area contributed by atoms with E-state index >= 15 is 0 Å². The summed E-state index contributed by atoms with van der Waals surface area (Å²) in [6.45, 7) is 3.73. The summed E-state index contributed by atoms with van der Waals surface area (Å²) in [6.07, 6.45) is 5.15.